The molecule has 3 heterocycles. The first-order valence-electron chi connectivity index (χ1n) is 10.9. The van der Waals surface area contributed by atoms with Crippen LogP contribution in [-0.4, -0.2) is 55.5 Å². The molecule has 158 valence electrons. The summed E-state index contributed by atoms with van der Waals surface area (Å²) in [6, 6.07) is 4.71. The van der Waals surface area contributed by atoms with Gasteiger partial charge >= 0.3 is 0 Å². The molecule has 2 amide bonds. The van der Waals surface area contributed by atoms with Crippen molar-refractivity contribution < 1.29 is 14.0 Å². The van der Waals surface area contributed by atoms with E-state index in [1.807, 2.05) is 12.1 Å². The molecule has 4 rings (SSSR count). The molecule has 0 bridgehead atoms. The second-order valence-electron chi connectivity index (χ2n) is 8.65. The molecule has 3 aliphatic heterocycles. The number of halogens is 1. The molecule has 3 saturated heterocycles. The highest BCUT2D eigenvalue weighted by molar-refractivity contribution is 6.01. The molecule has 3 fully saturated rings. The maximum atomic E-state index is 14.8. The molecule has 0 spiro atoms. The number of imide groups is 1. The van der Waals surface area contributed by atoms with Crippen molar-refractivity contribution in [1.82, 2.24) is 15.5 Å². The van der Waals surface area contributed by atoms with Gasteiger partial charge in [0.25, 0.3) is 0 Å². The van der Waals surface area contributed by atoms with Crippen LogP contribution in [0.1, 0.15) is 50.0 Å². The van der Waals surface area contributed by atoms with E-state index in [2.05, 4.69) is 20.9 Å². The van der Waals surface area contributed by atoms with Gasteiger partial charge in [-0.2, -0.15) is 0 Å². The minimum Gasteiger partial charge on any atom is -0.374 e. The highest BCUT2D eigenvalue weighted by Crippen LogP contribution is 2.32. The lowest BCUT2D eigenvalue weighted by Gasteiger charge is -2.35. The standard InChI is InChI=1S/C22H31FN4O2/c23-19-13-17(25-20-3-4-21(28)26-22(20)29)1-2-18(19)16-7-11-27(12-8-16)14-15-5-9-24-10-6-15/h1-2,13,15-16,20,24-25H,3-12,14H2,(H,26,28,29)/t20-/m1/s1. The first-order chi connectivity index (χ1) is 14.1. The summed E-state index contributed by atoms with van der Waals surface area (Å²) in [5, 5.41) is 8.79. The fourth-order valence-corrected chi connectivity index (χ4v) is 4.84. The lowest BCUT2D eigenvalue weighted by Crippen LogP contribution is -2.47. The molecule has 1 atom stereocenters. The molecule has 0 saturated carbocycles. The maximum absolute atomic E-state index is 14.8. The van der Waals surface area contributed by atoms with Crippen LogP contribution < -0.4 is 16.0 Å². The molecule has 29 heavy (non-hydrogen) atoms. The Kier molecular flexibility index (Phi) is 6.45. The summed E-state index contributed by atoms with van der Waals surface area (Å²) in [6.45, 7) is 5.50. The van der Waals surface area contributed by atoms with E-state index in [0.29, 0.717) is 18.5 Å². The summed E-state index contributed by atoms with van der Waals surface area (Å²) in [5.41, 5.74) is 1.37. The van der Waals surface area contributed by atoms with Crippen LogP contribution in [0.5, 0.6) is 0 Å². The number of rotatable bonds is 5. The average Bonchev–Trinajstić information content (AvgIpc) is 2.72. The minimum atomic E-state index is -0.490. The Balaban J connectivity index is 1.30. The highest BCUT2D eigenvalue weighted by Gasteiger charge is 2.28. The predicted octanol–water partition coefficient (Wildman–Crippen LogP) is 2.22. The first kappa shape index (κ1) is 20.3. The molecule has 0 unspecified atom stereocenters. The normalized spacial score (nSPS) is 25.1. The Bertz CT molecular complexity index is 742. The Morgan fingerprint density at radius 3 is 2.52 bits per heavy atom. The molecule has 1 aromatic rings. The van der Waals surface area contributed by atoms with E-state index >= 15 is 0 Å². The van der Waals surface area contributed by atoms with Gasteiger partial charge in [-0.1, -0.05) is 6.07 Å². The van der Waals surface area contributed by atoms with Crippen molar-refractivity contribution in [3.8, 4) is 0 Å². The van der Waals surface area contributed by atoms with Gasteiger partial charge < -0.3 is 15.5 Å². The van der Waals surface area contributed by atoms with Crippen LogP contribution in [0.15, 0.2) is 18.2 Å². The van der Waals surface area contributed by atoms with E-state index in [-0.39, 0.29) is 23.5 Å². The van der Waals surface area contributed by atoms with Crippen molar-refractivity contribution in [3.05, 3.63) is 29.6 Å². The number of carbonyl (C=O) groups excluding carboxylic acids is 2. The zero-order chi connectivity index (χ0) is 20.2. The molecule has 0 aliphatic carbocycles. The van der Waals surface area contributed by atoms with Crippen LogP contribution in [0.25, 0.3) is 0 Å². The molecule has 0 radical (unpaired) electrons. The Labute approximate surface area is 171 Å². The number of amides is 2. The van der Waals surface area contributed by atoms with Gasteiger partial charge in [0.2, 0.25) is 11.8 Å². The van der Waals surface area contributed by atoms with Gasteiger partial charge in [-0.15, -0.1) is 0 Å². The fourth-order valence-electron chi connectivity index (χ4n) is 4.84. The van der Waals surface area contributed by atoms with Crippen molar-refractivity contribution in [3.63, 3.8) is 0 Å². The van der Waals surface area contributed by atoms with Crippen molar-refractivity contribution in [1.29, 1.82) is 0 Å². The fraction of sp³-hybridized carbons (Fsp3) is 0.636. The SMILES string of the molecule is O=C1CC[C@@H](Nc2ccc(C3CCN(CC4CCNCC4)CC3)c(F)c2)C(=O)N1. The van der Waals surface area contributed by atoms with Gasteiger partial charge in [0.05, 0.1) is 0 Å². The third kappa shape index (κ3) is 5.14. The summed E-state index contributed by atoms with van der Waals surface area (Å²) < 4.78 is 14.8. The number of anilines is 1. The summed E-state index contributed by atoms with van der Waals surface area (Å²) in [4.78, 5) is 25.7. The molecule has 0 aromatic heterocycles. The average molecular weight is 403 g/mol. The highest BCUT2D eigenvalue weighted by atomic mass is 19.1. The van der Waals surface area contributed by atoms with E-state index in [0.717, 1.165) is 50.5 Å². The summed E-state index contributed by atoms with van der Waals surface area (Å²) in [6.07, 6.45) is 5.24. The molecular weight excluding hydrogens is 371 g/mol. The minimum absolute atomic E-state index is 0.209. The van der Waals surface area contributed by atoms with E-state index in [1.54, 1.807) is 0 Å². The van der Waals surface area contributed by atoms with Gasteiger partial charge in [-0.25, -0.2) is 4.39 Å². The quantitative estimate of drug-likeness (QED) is 0.659. The molecule has 7 heteroatoms. The molecule has 3 aliphatic rings. The van der Waals surface area contributed by atoms with Gasteiger partial charge in [0.1, 0.15) is 11.9 Å². The van der Waals surface area contributed by atoms with Crippen molar-refractivity contribution in [2.24, 2.45) is 5.92 Å². The largest absolute Gasteiger partial charge is 0.374 e. The van der Waals surface area contributed by atoms with E-state index < -0.39 is 6.04 Å². The summed E-state index contributed by atoms with van der Waals surface area (Å²) in [7, 11) is 0. The Morgan fingerprint density at radius 2 is 1.83 bits per heavy atom. The molecule has 3 N–H and O–H groups in total. The van der Waals surface area contributed by atoms with Gasteiger partial charge in [-0.3, -0.25) is 14.9 Å². The monoisotopic (exact) mass is 402 g/mol. The first-order valence-corrected chi connectivity index (χ1v) is 10.9. The number of hydrogen-bond donors (Lipinski definition) is 3. The molecule has 1 aromatic carbocycles. The van der Waals surface area contributed by atoms with E-state index in [1.165, 1.54) is 25.5 Å². The van der Waals surface area contributed by atoms with Crippen LogP contribution in [0.4, 0.5) is 10.1 Å². The predicted molar refractivity (Wildman–Crippen MR) is 110 cm³/mol. The maximum Gasteiger partial charge on any atom is 0.249 e. The van der Waals surface area contributed by atoms with Crippen LogP contribution >= 0.6 is 0 Å². The number of piperidine rings is 3. The van der Waals surface area contributed by atoms with Gasteiger partial charge in [0, 0.05) is 18.7 Å². The van der Waals surface area contributed by atoms with Gasteiger partial charge in [0.15, 0.2) is 0 Å². The second-order valence-corrected chi connectivity index (χ2v) is 8.65. The smallest absolute Gasteiger partial charge is 0.249 e. The van der Waals surface area contributed by atoms with E-state index in [9.17, 15) is 14.0 Å². The third-order valence-electron chi connectivity index (χ3n) is 6.58. The topological polar surface area (TPSA) is 73.5 Å². The van der Waals surface area contributed by atoms with Crippen LogP contribution in [0.3, 0.4) is 0 Å². The lowest BCUT2D eigenvalue weighted by atomic mass is 9.88. The van der Waals surface area contributed by atoms with E-state index in [4.69, 9.17) is 0 Å². The van der Waals surface area contributed by atoms with Crippen molar-refractivity contribution >= 4 is 17.5 Å². The number of benzene rings is 1. The van der Waals surface area contributed by atoms with Gasteiger partial charge in [-0.05, 0) is 87.8 Å². The Hall–Kier alpha value is -1.99. The van der Waals surface area contributed by atoms with Crippen molar-refractivity contribution in [2.45, 2.75) is 50.5 Å². The zero-order valence-electron chi connectivity index (χ0n) is 16.9. The van der Waals surface area contributed by atoms with Crippen LogP contribution in [0, 0.1) is 11.7 Å². The molecule has 6 nitrogen and oxygen atoms in total. The number of carbonyl (C=O) groups is 2. The lowest BCUT2D eigenvalue weighted by molar-refractivity contribution is -0.133. The zero-order valence-corrected chi connectivity index (χ0v) is 16.9. The number of nitrogens with one attached hydrogen (secondary N) is 3. The number of likely N-dealkylation sites (tertiary alicyclic amines) is 1. The van der Waals surface area contributed by atoms with Crippen molar-refractivity contribution in [2.75, 3.05) is 38.0 Å². The Morgan fingerprint density at radius 1 is 1.07 bits per heavy atom. The summed E-state index contributed by atoms with van der Waals surface area (Å²) in [5.74, 6) is 0.248. The second kappa shape index (κ2) is 9.22. The number of nitrogens with zero attached hydrogens (tertiary/aromatic N) is 1. The van der Waals surface area contributed by atoms with Crippen LogP contribution in [-0.2, 0) is 9.59 Å². The third-order valence-corrected chi connectivity index (χ3v) is 6.58. The molecular formula is C22H31FN4O2. The van der Waals surface area contributed by atoms with Crippen LogP contribution in [0.2, 0.25) is 0 Å². The summed E-state index contributed by atoms with van der Waals surface area (Å²) >= 11 is 0. The number of hydrogen-bond acceptors (Lipinski definition) is 5.